The van der Waals surface area contributed by atoms with E-state index in [0.717, 1.165) is 18.5 Å². The van der Waals surface area contributed by atoms with Crippen molar-refractivity contribution in [3.63, 3.8) is 0 Å². The van der Waals surface area contributed by atoms with Gasteiger partial charge in [0.25, 0.3) is 0 Å². The Morgan fingerprint density at radius 3 is 2.67 bits per heavy atom. The largest absolute Gasteiger partial charge is 0.356 e. The van der Waals surface area contributed by atoms with E-state index in [1.165, 1.54) is 0 Å². The van der Waals surface area contributed by atoms with Crippen molar-refractivity contribution in [2.75, 3.05) is 13.1 Å². The number of halogens is 2. The first kappa shape index (κ1) is 15.3. The van der Waals surface area contributed by atoms with Crippen LogP contribution in [0.15, 0.2) is 18.2 Å². The molecule has 1 aromatic rings. The van der Waals surface area contributed by atoms with Crippen LogP contribution in [-0.2, 0) is 11.3 Å². The summed E-state index contributed by atoms with van der Waals surface area (Å²) in [6.07, 6.45) is 1.45. The fourth-order valence-electron chi connectivity index (χ4n) is 1.44. The SMILES string of the molecule is CCCNC(=O)CCNCc1ccc(Cl)c(Cl)c1. The molecule has 1 aromatic carbocycles. The van der Waals surface area contributed by atoms with E-state index in [-0.39, 0.29) is 5.91 Å². The lowest BCUT2D eigenvalue weighted by atomic mass is 10.2. The average Bonchev–Trinajstić information content (AvgIpc) is 2.36. The van der Waals surface area contributed by atoms with Gasteiger partial charge in [-0.2, -0.15) is 0 Å². The van der Waals surface area contributed by atoms with E-state index in [9.17, 15) is 4.79 Å². The van der Waals surface area contributed by atoms with Crippen molar-refractivity contribution in [3.05, 3.63) is 33.8 Å². The Kier molecular flexibility index (Phi) is 7.09. The quantitative estimate of drug-likeness (QED) is 0.758. The van der Waals surface area contributed by atoms with E-state index in [2.05, 4.69) is 10.6 Å². The zero-order valence-electron chi connectivity index (χ0n) is 10.4. The summed E-state index contributed by atoms with van der Waals surface area (Å²) in [6.45, 7) is 4.10. The predicted molar refractivity (Wildman–Crippen MR) is 76.1 cm³/mol. The van der Waals surface area contributed by atoms with Crippen LogP contribution in [-0.4, -0.2) is 19.0 Å². The Balaban J connectivity index is 2.21. The summed E-state index contributed by atoms with van der Waals surface area (Å²) >= 11 is 11.7. The molecule has 18 heavy (non-hydrogen) atoms. The van der Waals surface area contributed by atoms with Gasteiger partial charge >= 0.3 is 0 Å². The summed E-state index contributed by atoms with van der Waals surface area (Å²) in [5.74, 6) is 0.0819. The third kappa shape index (κ3) is 5.71. The second kappa shape index (κ2) is 8.35. The van der Waals surface area contributed by atoms with Gasteiger partial charge in [-0.3, -0.25) is 4.79 Å². The lowest BCUT2D eigenvalue weighted by Gasteiger charge is -2.06. The highest BCUT2D eigenvalue weighted by molar-refractivity contribution is 6.42. The first-order valence-corrected chi connectivity index (χ1v) is 6.80. The van der Waals surface area contributed by atoms with Crippen molar-refractivity contribution in [2.24, 2.45) is 0 Å². The van der Waals surface area contributed by atoms with Gasteiger partial charge in [0.05, 0.1) is 10.0 Å². The van der Waals surface area contributed by atoms with Crippen LogP contribution in [0.4, 0.5) is 0 Å². The maximum atomic E-state index is 11.3. The van der Waals surface area contributed by atoms with Gasteiger partial charge in [-0.25, -0.2) is 0 Å². The maximum Gasteiger partial charge on any atom is 0.221 e. The molecule has 0 fully saturated rings. The smallest absolute Gasteiger partial charge is 0.221 e. The Morgan fingerprint density at radius 2 is 2.00 bits per heavy atom. The van der Waals surface area contributed by atoms with E-state index in [0.29, 0.717) is 29.6 Å². The number of rotatable bonds is 7. The predicted octanol–water partition coefficient (Wildman–Crippen LogP) is 3.00. The molecule has 0 heterocycles. The van der Waals surface area contributed by atoms with Crippen LogP contribution in [0.2, 0.25) is 10.0 Å². The summed E-state index contributed by atoms with van der Waals surface area (Å²) < 4.78 is 0. The second-order valence-corrected chi connectivity index (χ2v) is 4.84. The summed E-state index contributed by atoms with van der Waals surface area (Å²) in [5, 5.41) is 7.13. The minimum Gasteiger partial charge on any atom is -0.356 e. The zero-order valence-corrected chi connectivity index (χ0v) is 11.9. The molecular weight excluding hydrogens is 271 g/mol. The van der Waals surface area contributed by atoms with E-state index < -0.39 is 0 Å². The standard InChI is InChI=1S/C13H18Cl2N2O/c1-2-6-17-13(18)5-7-16-9-10-3-4-11(14)12(15)8-10/h3-4,8,16H,2,5-7,9H2,1H3,(H,17,18). The lowest BCUT2D eigenvalue weighted by Crippen LogP contribution is -2.28. The number of nitrogens with one attached hydrogen (secondary N) is 2. The van der Waals surface area contributed by atoms with Crippen LogP contribution < -0.4 is 10.6 Å². The number of carbonyl (C=O) groups is 1. The third-order valence-electron chi connectivity index (χ3n) is 2.41. The highest BCUT2D eigenvalue weighted by Gasteiger charge is 2.01. The molecule has 3 nitrogen and oxygen atoms in total. The van der Waals surface area contributed by atoms with E-state index in [4.69, 9.17) is 23.2 Å². The maximum absolute atomic E-state index is 11.3. The van der Waals surface area contributed by atoms with Gasteiger partial charge < -0.3 is 10.6 Å². The molecule has 5 heteroatoms. The molecule has 2 N–H and O–H groups in total. The minimum atomic E-state index is 0.0819. The van der Waals surface area contributed by atoms with Gasteiger partial charge in [0.1, 0.15) is 0 Å². The lowest BCUT2D eigenvalue weighted by molar-refractivity contribution is -0.120. The highest BCUT2D eigenvalue weighted by Crippen LogP contribution is 2.22. The van der Waals surface area contributed by atoms with Gasteiger partial charge in [0.2, 0.25) is 5.91 Å². The normalized spacial score (nSPS) is 10.4. The van der Waals surface area contributed by atoms with Crippen molar-refractivity contribution in [1.29, 1.82) is 0 Å². The van der Waals surface area contributed by atoms with Crippen LogP contribution in [0.3, 0.4) is 0 Å². The average molecular weight is 289 g/mol. The molecule has 0 aromatic heterocycles. The van der Waals surface area contributed by atoms with Gasteiger partial charge in [0.15, 0.2) is 0 Å². The molecule has 0 saturated carbocycles. The fourth-order valence-corrected chi connectivity index (χ4v) is 1.76. The van der Waals surface area contributed by atoms with E-state index in [1.54, 1.807) is 6.07 Å². The van der Waals surface area contributed by atoms with Gasteiger partial charge in [0, 0.05) is 26.1 Å². The van der Waals surface area contributed by atoms with Crippen LogP contribution in [0.25, 0.3) is 0 Å². The number of amides is 1. The molecule has 1 amide bonds. The first-order valence-electron chi connectivity index (χ1n) is 6.04. The van der Waals surface area contributed by atoms with Crippen molar-refractivity contribution in [3.8, 4) is 0 Å². The molecular formula is C13H18Cl2N2O. The topological polar surface area (TPSA) is 41.1 Å². The summed E-state index contributed by atoms with van der Waals surface area (Å²) in [7, 11) is 0. The van der Waals surface area contributed by atoms with Crippen LogP contribution >= 0.6 is 23.2 Å². The number of hydrogen-bond donors (Lipinski definition) is 2. The van der Waals surface area contributed by atoms with Crippen molar-refractivity contribution < 1.29 is 4.79 Å². The number of benzene rings is 1. The van der Waals surface area contributed by atoms with Crippen LogP contribution in [0.5, 0.6) is 0 Å². The molecule has 0 spiro atoms. The molecule has 0 atom stereocenters. The molecule has 0 saturated heterocycles. The summed E-state index contributed by atoms with van der Waals surface area (Å²) in [6, 6.07) is 5.52. The Labute approximate surface area is 118 Å². The fraction of sp³-hybridized carbons (Fsp3) is 0.462. The van der Waals surface area contributed by atoms with Crippen molar-refractivity contribution in [2.45, 2.75) is 26.3 Å². The molecule has 1 rings (SSSR count). The Hall–Kier alpha value is -0.770. The van der Waals surface area contributed by atoms with Crippen molar-refractivity contribution in [1.82, 2.24) is 10.6 Å². The minimum absolute atomic E-state index is 0.0819. The van der Waals surface area contributed by atoms with E-state index in [1.807, 2.05) is 19.1 Å². The molecule has 0 bridgehead atoms. The van der Waals surface area contributed by atoms with Crippen LogP contribution in [0.1, 0.15) is 25.3 Å². The second-order valence-electron chi connectivity index (χ2n) is 4.03. The summed E-state index contributed by atoms with van der Waals surface area (Å²) in [5.41, 5.74) is 1.05. The molecule has 100 valence electrons. The molecule has 0 radical (unpaired) electrons. The first-order chi connectivity index (χ1) is 8.63. The molecule has 0 unspecified atom stereocenters. The van der Waals surface area contributed by atoms with Gasteiger partial charge in [-0.15, -0.1) is 0 Å². The number of carbonyl (C=O) groups excluding carboxylic acids is 1. The molecule has 0 aliphatic rings. The monoisotopic (exact) mass is 288 g/mol. The highest BCUT2D eigenvalue weighted by atomic mass is 35.5. The molecule has 0 aliphatic heterocycles. The zero-order chi connectivity index (χ0) is 13.4. The summed E-state index contributed by atoms with van der Waals surface area (Å²) in [4.78, 5) is 11.3. The van der Waals surface area contributed by atoms with E-state index >= 15 is 0 Å². The van der Waals surface area contributed by atoms with Gasteiger partial charge in [-0.05, 0) is 24.1 Å². The van der Waals surface area contributed by atoms with Crippen LogP contribution in [0, 0.1) is 0 Å². The Bertz CT molecular complexity index is 397. The molecule has 0 aliphatic carbocycles. The van der Waals surface area contributed by atoms with Gasteiger partial charge in [-0.1, -0.05) is 36.2 Å². The van der Waals surface area contributed by atoms with Crippen molar-refractivity contribution >= 4 is 29.1 Å². The third-order valence-corrected chi connectivity index (χ3v) is 3.15. The Morgan fingerprint density at radius 1 is 1.22 bits per heavy atom. The number of hydrogen-bond acceptors (Lipinski definition) is 2.